The Kier molecular flexibility index (Phi) is 7.56. The second-order valence-electron chi connectivity index (χ2n) is 6.25. The van der Waals surface area contributed by atoms with Crippen molar-refractivity contribution in [1.82, 2.24) is 9.80 Å². The molecular weight excluding hydrogens is 300 g/mol. The van der Waals surface area contributed by atoms with Gasteiger partial charge in [-0.05, 0) is 33.2 Å². The number of rotatable bonds is 9. The molecule has 0 saturated carbocycles. The minimum absolute atomic E-state index is 0.0102. The lowest BCUT2D eigenvalue weighted by atomic mass is 10.2. The van der Waals surface area contributed by atoms with Crippen LogP contribution in [-0.4, -0.2) is 67.9 Å². The van der Waals surface area contributed by atoms with Crippen LogP contribution in [-0.2, 0) is 14.6 Å². The maximum atomic E-state index is 12.5. The largest absolute Gasteiger partial charge is 0.338 e. The zero-order valence-electron chi connectivity index (χ0n) is 14.2. The summed E-state index contributed by atoms with van der Waals surface area (Å²) < 4.78 is 23.4. The molecule has 1 saturated heterocycles. The predicted octanol–water partition coefficient (Wildman–Crippen LogP) is 1.70. The molecule has 1 fully saturated rings. The van der Waals surface area contributed by atoms with E-state index in [4.69, 9.17) is 0 Å². The van der Waals surface area contributed by atoms with E-state index in [0.29, 0.717) is 26.1 Å². The molecule has 0 bridgehead atoms. The van der Waals surface area contributed by atoms with Crippen LogP contribution in [0.25, 0.3) is 0 Å². The highest BCUT2D eigenvalue weighted by atomic mass is 32.2. The van der Waals surface area contributed by atoms with Crippen molar-refractivity contribution in [2.45, 2.75) is 46.1 Å². The summed E-state index contributed by atoms with van der Waals surface area (Å²) in [5.41, 5.74) is 0.957. The maximum absolute atomic E-state index is 12.5. The van der Waals surface area contributed by atoms with E-state index in [2.05, 4.69) is 18.4 Å². The molecule has 0 aromatic carbocycles. The highest BCUT2D eigenvalue weighted by Gasteiger charge is 2.33. The van der Waals surface area contributed by atoms with Crippen molar-refractivity contribution in [1.29, 1.82) is 0 Å². The molecule has 22 heavy (non-hydrogen) atoms. The first-order chi connectivity index (χ1) is 10.3. The summed E-state index contributed by atoms with van der Waals surface area (Å²) in [4.78, 5) is 16.3. The smallest absolute Gasteiger partial charge is 0.237 e. The van der Waals surface area contributed by atoms with Gasteiger partial charge in [0.2, 0.25) is 5.91 Å². The quantitative estimate of drug-likeness (QED) is 0.604. The molecule has 6 heteroatoms. The molecule has 0 aliphatic carbocycles. The van der Waals surface area contributed by atoms with Gasteiger partial charge in [-0.1, -0.05) is 25.5 Å². The van der Waals surface area contributed by atoms with Gasteiger partial charge in [0.15, 0.2) is 9.84 Å². The van der Waals surface area contributed by atoms with Gasteiger partial charge in [-0.15, -0.1) is 0 Å². The molecule has 0 N–H and O–H groups in total. The summed E-state index contributed by atoms with van der Waals surface area (Å²) in [6, 6.07) is -0.0102. The first-order valence-electron chi connectivity index (χ1n) is 8.15. The zero-order chi connectivity index (χ0) is 16.8. The third kappa shape index (κ3) is 6.08. The van der Waals surface area contributed by atoms with Gasteiger partial charge < -0.3 is 4.90 Å². The van der Waals surface area contributed by atoms with Crippen LogP contribution in [0.15, 0.2) is 12.2 Å². The summed E-state index contributed by atoms with van der Waals surface area (Å²) in [6.45, 7) is 12.1. The number of nitrogens with zero attached hydrogens (tertiary/aromatic N) is 2. The van der Waals surface area contributed by atoms with Gasteiger partial charge in [-0.2, -0.15) is 0 Å². The third-order valence-corrected chi connectivity index (χ3v) is 5.81. The second-order valence-corrected chi connectivity index (χ2v) is 8.47. The number of hydrogen-bond acceptors (Lipinski definition) is 4. The van der Waals surface area contributed by atoms with Gasteiger partial charge in [0, 0.05) is 19.1 Å². The standard InChI is InChI=1S/C16H30N2O3S/c1-5-7-9-18(15-8-10-22(20,21)13-15)12-16(19)17(6-2)11-14(3)4/h15H,3,5-13H2,1-2,4H3. The first-order valence-corrected chi connectivity index (χ1v) is 9.97. The van der Waals surface area contributed by atoms with Gasteiger partial charge in [0.25, 0.3) is 0 Å². The first kappa shape index (κ1) is 19.2. The number of hydrogen-bond donors (Lipinski definition) is 0. The van der Waals surface area contributed by atoms with Crippen LogP contribution in [0.1, 0.15) is 40.0 Å². The fraction of sp³-hybridized carbons (Fsp3) is 0.812. The minimum Gasteiger partial charge on any atom is -0.338 e. The van der Waals surface area contributed by atoms with Crippen LogP contribution >= 0.6 is 0 Å². The third-order valence-electron chi connectivity index (χ3n) is 4.06. The summed E-state index contributed by atoms with van der Waals surface area (Å²) in [6.07, 6.45) is 2.66. The Morgan fingerprint density at radius 1 is 1.27 bits per heavy atom. The molecule has 1 atom stereocenters. The minimum atomic E-state index is -2.93. The number of unbranched alkanes of at least 4 members (excludes halogenated alkanes) is 1. The van der Waals surface area contributed by atoms with Gasteiger partial charge >= 0.3 is 0 Å². The van der Waals surface area contributed by atoms with E-state index in [1.807, 2.05) is 13.8 Å². The average Bonchev–Trinajstić information content (AvgIpc) is 2.80. The Bertz CT molecular complexity index is 488. The van der Waals surface area contributed by atoms with Gasteiger partial charge in [0.05, 0.1) is 18.1 Å². The molecular formula is C16H30N2O3S. The number of amides is 1. The van der Waals surface area contributed by atoms with E-state index in [9.17, 15) is 13.2 Å². The molecule has 1 aliphatic rings. The Morgan fingerprint density at radius 3 is 2.41 bits per heavy atom. The lowest BCUT2D eigenvalue weighted by Gasteiger charge is -2.30. The molecule has 0 aromatic heterocycles. The average molecular weight is 330 g/mol. The van der Waals surface area contributed by atoms with Crippen molar-refractivity contribution < 1.29 is 13.2 Å². The van der Waals surface area contributed by atoms with E-state index >= 15 is 0 Å². The number of sulfone groups is 1. The SMILES string of the molecule is C=C(C)CN(CC)C(=O)CN(CCCC)C1CCS(=O)(=O)C1. The van der Waals surface area contributed by atoms with Gasteiger partial charge in [-0.25, -0.2) is 8.42 Å². The Hall–Kier alpha value is -0.880. The van der Waals surface area contributed by atoms with E-state index in [1.54, 1.807) is 4.90 Å². The predicted molar refractivity (Wildman–Crippen MR) is 90.6 cm³/mol. The molecule has 5 nitrogen and oxygen atoms in total. The van der Waals surface area contributed by atoms with Crippen molar-refractivity contribution in [3.05, 3.63) is 12.2 Å². The number of likely N-dealkylation sites (N-methyl/N-ethyl adjacent to an activating group) is 1. The topological polar surface area (TPSA) is 57.7 Å². The van der Waals surface area contributed by atoms with Crippen molar-refractivity contribution in [2.24, 2.45) is 0 Å². The van der Waals surface area contributed by atoms with Crippen LogP contribution in [0.4, 0.5) is 0 Å². The summed E-state index contributed by atoms with van der Waals surface area (Å²) in [5, 5.41) is 0. The fourth-order valence-electron chi connectivity index (χ4n) is 2.79. The maximum Gasteiger partial charge on any atom is 0.237 e. The van der Waals surface area contributed by atoms with Crippen molar-refractivity contribution >= 4 is 15.7 Å². The van der Waals surface area contributed by atoms with Crippen LogP contribution in [0.2, 0.25) is 0 Å². The molecule has 0 radical (unpaired) electrons. The van der Waals surface area contributed by atoms with Crippen molar-refractivity contribution in [2.75, 3.05) is 37.7 Å². The monoisotopic (exact) mass is 330 g/mol. The second kappa shape index (κ2) is 8.67. The Balaban J connectivity index is 2.71. The molecule has 1 aliphatic heterocycles. The molecule has 0 spiro atoms. The normalized spacial score (nSPS) is 20.3. The van der Waals surface area contributed by atoms with Crippen LogP contribution in [0, 0.1) is 0 Å². The highest BCUT2D eigenvalue weighted by molar-refractivity contribution is 7.91. The van der Waals surface area contributed by atoms with E-state index in [1.165, 1.54) is 0 Å². The number of carbonyl (C=O) groups is 1. The molecule has 0 aromatic rings. The van der Waals surface area contributed by atoms with Crippen LogP contribution < -0.4 is 0 Å². The zero-order valence-corrected chi connectivity index (χ0v) is 15.0. The lowest BCUT2D eigenvalue weighted by molar-refractivity contribution is -0.132. The van der Waals surface area contributed by atoms with E-state index < -0.39 is 9.84 Å². The van der Waals surface area contributed by atoms with Gasteiger partial charge in [-0.3, -0.25) is 9.69 Å². The summed E-state index contributed by atoms with van der Waals surface area (Å²) >= 11 is 0. The summed E-state index contributed by atoms with van der Waals surface area (Å²) in [7, 11) is -2.93. The molecule has 128 valence electrons. The molecule has 1 unspecified atom stereocenters. The fourth-order valence-corrected chi connectivity index (χ4v) is 4.55. The molecule has 1 heterocycles. The van der Waals surface area contributed by atoms with Crippen molar-refractivity contribution in [3.63, 3.8) is 0 Å². The van der Waals surface area contributed by atoms with Gasteiger partial charge in [0.1, 0.15) is 0 Å². The molecule has 1 rings (SSSR count). The molecule has 1 amide bonds. The van der Waals surface area contributed by atoms with Crippen LogP contribution in [0.5, 0.6) is 0 Å². The van der Waals surface area contributed by atoms with Crippen LogP contribution in [0.3, 0.4) is 0 Å². The highest BCUT2D eigenvalue weighted by Crippen LogP contribution is 2.18. The Morgan fingerprint density at radius 2 is 1.95 bits per heavy atom. The summed E-state index contributed by atoms with van der Waals surface area (Å²) in [5.74, 6) is 0.500. The Labute approximate surface area is 135 Å². The van der Waals surface area contributed by atoms with E-state index in [0.717, 1.165) is 25.0 Å². The lowest BCUT2D eigenvalue weighted by Crippen LogP contribution is -2.46. The number of carbonyl (C=O) groups excluding carboxylic acids is 1. The van der Waals surface area contributed by atoms with Crippen molar-refractivity contribution in [3.8, 4) is 0 Å². The van der Waals surface area contributed by atoms with E-state index in [-0.39, 0.29) is 23.5 Å².